The van der Waals surface area contributed by atoms with Gasteiger partial charge in [0.15, 0.2) is 0 Å². The van der Waals surface area contributed by atoms with E-state index in [1.807, 2.05) is 13.8 Å². The monoisotopic (exact) mass is 214 g/mol. The molecule has 2 atom stereocenters. The molecule has 0 radical (unpaired) electrons. The van der Waals surface area contributed by atoms with Crippen molar-refractivity contribution in [2.75, 3.05) is 13.1 Å². The number of nitrogens with zero attached hydrogens (tertiary/aromatic N) is 1. The van der Waals surface area contributed by atoms with Crippen LogP contribution in [0.3, 0.4) is 0 Å². The Morgan fingerprint density at radius 1 is 1.53 bits per heavy atom. The van der Waals surface area contributed by atoms with Crippen molar-refractivity contribution in [3.8, 4) is 0 Å². The molecule has 0 aliphatic carbocycles. The van der Waals surface area contributed by atoms with Gasteiger partial charge in [0.05, 0.1) is 5.54 Å². The van der Waals surface area contributed by atoms with Crippen LogP contribution in [0.2, 0.25) is 0 Å². The molecule has 1 heterocycles. The van der Waals surface area contributed by atoms with Crippen LogP contribution in [0, 0.1) is 5.41 Å². The molecule has 1 aliphatic heterocycles. The van der Waals surface area contributed by atoms with Crippen molar-refractivity contribution in [2.45, 2.75) is 46.2 Å². The summed E-state index contributed by atoms with van der Waals surface area (Å²) in [5.41, 5.74) is -0.413. The first-order valence-corrected chi connectivity index (χ1v) is 5.42. The van der Waals surface area contributed by atoms with Crippen LogP contribution in [0.25, 0.3) is 0 Å². The maximum Gasteiger partial charge on any atom is 0.407 e. The molecular weight excluding hydrogens is 192 g/mol. The first kappa shape index (κ1) is 12.3. The molecule has 2 N–H and O–H groups in total. The predicted octanol–water partition coefficient (Wildman–Crippen LogP) is 1.76. The molecule has 1 aliphatic rings. The lowest BCUT2D eigenvalue weighted by Gasteiger charge is -2.53. The standard InChI is InChI=1S/C11H22N2O2/c1-8-6-13(9(14)15)11(5,7-12-8)10(2,3)4/h8,12H,6-7H2,1-5H3,(H,14,15)/t8-,11-/m0/s1. The Morgan fingerprint density at radius 3 is 2.47 bits per heavy atom. The Morgan fingerprint density at radius 2 is 2.07 bits per heavy atom. The third-order valence-electron chi connectivity index (χ3n) is 3.69. The van der Waals surface area contributed by atoms with Crippen molar-refractivity contribution in [2.24, 2.45) is 5.41 Å². The zero-order chi connectivity index (χ0) is 11.9. The number of carbonyl (C=O) groups is 1. The van der Waals surface area contributed by atoms with Gasteiger partial charge in [-0.25, -0.2) is 4.79 Å². The maximum absolute atomic E-state index is 11.3. The molecule has 1 rings (SSSR count). The fourth-order valence-corrected chi connectivity index (χ4v) is 1.97. The summed E-state index contributed by atoms with van der Waals surface area (Å²) in [6, 6.07) is 0.233. The van der Waals surface area contributed by atoms with Gasteiger partial charge in [0.2, 0.25) is 0 Å². The van der Waals surface area contributed by atoms with Gasteiger partial charge >= 0.3 is 6.09 Å². The van der Waals surface area contributed by atoms with Crippen molar-refractivity contribution < 1.29 is 9.90 Å². The number of carboxylic acid groups (broad SMARTS) is 1. The van der Waals surface area contributed by atoms with Crippen LogP contribution >= 0.6 is 0 Å². The van der Waals surface area contributed by atoms with Gasteiger partial charge in [-0.2, -0.15) is 0 Å². The second-order valence-electron chi connectivity index (χ2n) is 5.70. The van der Waals surface area contributed by atoms with Crippen molar-refractivity contribution in [3.63, 3.8) is 0 Å². The Labute approximate surface area is 91.6 Å². The van der Waals surface area contributed by atoms with Gasteiger partial charge in [-0.1, -0.05) is 20.8 Å². The second kappa shape index (κ2) is 3.67. The van der Waals surface area contributed by atoms with Crippen LogP contribution < -0.4 is 5.32 Å². The minimum atomic E-state index is -0.819. The van der Waals surface area contributed by atoms with Gasteiger partial charge in [0, 0.05) is 19.1 Å². The number of amides is 1. The fourth-order valence-electron chi connectivity index (χ4n) is 1.97. The number of rotatable bonds is 0. The summed E-state index contributed by atoms with van der Waals surface area (Å²) < 4.78 is 0. The fraction of sp³-hybridized carbons (Fsp3) is 0.909. The highest BCUT2D eigenvalue weighted by Gasteiger charge is 2.47. The summed E-state index contributed by atoms with van der Waals surface area (Å²) >= 11 is 0. The van der Waals surface area contributed by atoms with Crippen LogP contribution in [-0.4, -0.2) is 40.8 Å². The Kier molecular flexibility index (Phi) is 3.01. The average molecular weight is 214 g/mol. The van der Waals surface area contributed by atoms with E-state index < -0.39 is 6.09 Å². The summed E-state index contributed by atoms with van der Waals surface area (Å²) in [7, 11) is 0. The summed E-state index contributed by atoms with van der Waals surface area (Å²) in [4.78, 5) is 12.8. The Balaban J connectivity index is 3.00. The lowest BCUT2D eigenvalue weighted by Crippen LogP contribution is -2.68. The van der Waals surface area contributed by atoms with Crippen LogP contribution in [0.5, 0.6) is 0 Å². The van der Waals surface area contributed by atoms with Crippen LogP contribution in [0.15, 0.2) is 0 Å². The van der Waals surface area contributed by atoms with E-state index in [1.54, 1.807) is 4.90 Å². The van der Waals surface area contributed by atoms with E-state index in [0.29, 0.717) is 13.1 Å². The molecule has 0 spiro atoms. The Hall–Kier alpha value is -0.770. The average Bonchev–Trinajstić information content (AvgIpc) is 2.07. The van der Waals surface area contributed by atoms with E-state index in [-0.39, 0.29) is 17.0 Å². The molecule has 1 amide bonds. The number of nitrogens with one attached hydrogen (secondary N) is 1. The van der Waals surface area contributed by atoms with E-state index in [1.165, 1.54) is 0 Å². The van der Waals surface area contributed by atoms with Gasteiger partial charge in [-0.3, -0.25) is 4.90 Å². The molecule has 4 heteroatoms. The van der Waals surface area contributed by atoms with Gasteiger partial charge in [0.25, 0.3) is 0 Å². The quantitative estimate of drug-likeness (QED) is 0.646. The zero-order valence-electron chi connectivity index (χ0n) is 10.3. The van der Waals surface area contributed by atoms with E-state index >= 15 is 0 Å². The zero-order valence-corrected chi connectivity index (χ0v) is 10.3. The van der Waals surface area contributed by atoms with Crippen molar-refractivity contribution in [3.05, 3.63) is 0 Å². The normalized spacial score (nSPS) is 32.9. The smallest absolute Gasteiger partial charge is 0.407 e. The summed E-state index contributed by atoms with van der Waals surface area (Å²) in [6.07, 6.45) is -0.819. The summed E-state index contributed by atoms with van der Waals surface area (Å²) in [5.74, 6) is 0. The lowest BCUT2D eigenvalue weighted by molar-refractivity contribution is -0.0117. The summed E-state index contributed by atoms with van der Waals surface area (Å²) in [5, 5.41) is 12.6. The number of hydrogen-bond donors (Lipinski definition) is 2. The molecule has 4 nitrogen and oxygen atoms in total. The number of hydrogen-bond acceptors (Lipinski definition) is 2. The molecule has 1 saturated heterocycles. The SMILES string of the molecule is C[C@H]1CN(C(=O)O)[C@](C)(C(C)(C)C)CN1. The van der Waals surface area contributed by atoms with Crippen molar-refractivity contribution in [1.29, 1.82) is 0 Å². The first-order valence-electron chi connectivity index (χ1n) is 5.42. The lowest BCUT2D eigenvalue weighted by atomic mass is 9.72. The molecule has 0 aromatic carbocycles. The molecule has 0 aromatic heterocycles. The highest BCUT2D eigenvalue weighted by atomic mass is 16.4. The Bertz CT molecular complexity index is 260. The van der Waals surface area contributed by atoms with Gasteiger partial charge in [-0.15, -0.1) is 0 Å². The predicted molar refractivity (Wildman–Crippen MR) is 60.1 cm³/mol. The van der Waals surface area contributed by atoms with Crippen LogP contribution in [0.4, 0.5) is 4.79 Å². The first-order chi connectivity index (χ1) is 6.68. The molecule has 0 aromatic rings. The molecule has 0 unspecified atom stereocenters. The molecule has 1 fully saturated rings. The molecule has 0 saturated carbocycles. The largest absolute Gasteiger partial charge is 0.465 e. The van der Waals surface area contributed by atoms with E-state index in [4.69, 9.17) is 0 Å². The minimum absolute atomic E-state index is 0.0709. The van der Waals surface area contributed by atoms with Crippen LogP contribution in [-0.2, 0) is 0 Å². The maximum atomic E-state index is 11.3. The third kappa shape index (κ3) is 2.09. The van der Waals surface area contributed by atoms with Gasteiger partial charge in [0.1, 0.15) is 0 Å². The minimum Gasteiger partial charge on any atom is -0.465 e. The highest BCUT2D eigenvalue weighted by molar-refractivity contribution is 5.66. The van der Waals surface area contributed by atoms with Crippen LogP contribution in [0.1, 0.15) is 34.6 Å². The van der Waals surface area contributed by atoms with E-state index in [0.717, 1.165) is 0 Å². The highest BCUT2D eigenvalue weighted by Crippen LogP contribution is 2.37. The molecule has 0 bridgehead atoms. The molecular formula is C11H22N2O2. The molecule has 88 valence electrons. The van der Waals surface area contributed by atoms with E-state index in [2.05, 4.69) is 26.1 Å². The third-order valence-corrected chi connectivity index (χ3v) is 3.69. The van der Waals surface area contributed by atoms with Gasteiger partial charge < -0.3 is 10.4 Å². The van der Waals surface area contributed by atoms with Crippen molar-refractivity contribution >= 4 is 6.09 Å². The van der Waals surface area contributed by atoms with E-state index in [9.17, 15) is 9.90 Å². The summed E-state index contributed by atoms with van der Waals surface area (Å²) in [6.45, 7) is 11.5. The second-order valence-corrected chi connectivity index (χ2v) is 5.70. The van der Waals surface area contributed by atoms with Crippen molar-refractivity contribution in [1.82, 2.24) is 10.2 Å². The molecule has 15 heavy (non-hydrogen) atoms. The van der Waals surface area contributed by atoms with Gasteiger partial charge in [-0.05, 0) is 19.3 Å². The number of piperazine rings is 1. The topological polar surface area (TPSA) is 52.6 Å².